The molecule has 0 atom stereocenters. The van der Waals surface area contributed by atoms with E-state index in [0.717, 1.165) is 24.3 Å². The first kappa shape index (κ1) is 15.9. The van der Waals surface area contributed by atoms with Gasteiger partial charge in [-0.05, 0) is 0 Å². The average Bonchev–Trinajstić information content (AvgIpc) is 2.96. The Hall–Kier alpha value is -2.59. The molecule has 1 aliphatic heterocycles. The molecule has 25 heavy (non-hydrogen) atoms. The topological polar surface area (TPSA) is 26.3 Å². The minimum absolute atomic E-state index is 0.188. The predicted octanol–water partition coefficient (Wildman–Crippen LogP) is 3.32. The first-order valence-corrected chi connectivity index (χ1v) is 12.3. The summed E-state index contributed by atoms with van der Waals surface area (Å²) in [6.07, 6.45) is 0. The van der Waals surface area contributed by atoms with Crippen molar-refractivity contribution in [3.05, 3.63) is 102 Å². The fourth-order valence-corrected chi connectivity index (χ4v) is 12.4. The summed E-state index contributed by atoms with van der Waals surface area (Å²) in [5.74, 6) is -0.188. The van der Waals surface area contributed by atoms with Gasteiger partial charge in [-0.15, -0.1) is 0 Å². The van der Waals surface area contributed by atoms with E-state index in [9.17, 15) is 4.79 Å². The normalized spacial score (nSPS) is 16.0. The third-order valence-electron chi connectivity index (χ3n) is 4.70. The molecular weight excluding hydrogens is 369 g/mol. The van der Waals surface area contributed by atoms with Gasteiger partial charge in [0.1, 0.15) is 0 Å². The molecule has 0 fully saturated rings. The van der Waals surface area contributed by atoms with Crippen molar-refractivity contribution in [3.8, 4) is 0 Å². The van der Waals surface area contributed by atoms with Crippen molar-refractivity contribution < 1.29 is 8.56 Å². The van der Waals surface area contributed by atoms with Gasteiger partial charge < -0.3 is 0 Å². The van der Waals surface area contributed by atoms with Crippen molar-refractivity contribution in [1.82, 2.24) is 0 Å². The Balaban J connectivity index is 2.06. The summed E-state index contributed by atoms with van der Waals surface area (Å²) in [6.45, 7) is 1.89. The van der Waals surface area contributed by atoms with E-state index >= 15 is 0 Å². The van der Waals surface area contributed by atoms with E-state index in [1.807, 2.05) is 61.5 Å². The van der Waals surface area contributed by atoms with E-state index in [2.05, 4.69) is 36.4 Å². The summed E-state index contributed by atoms with van der Waals surface area (Å²) < 4.78 is 9.65. The average molecular weight is 387 g/mol. The van der Waals surface area contributed by atoms with Gasteiger partial charge >= 0.3 is 150 Å². The number of carbonyl (C=O) groups is 1. The first-order chi connectivity index (χ1) is 12.2. The van der Waals surface area contributed by atoms with Crippen LogP contribution >= 0.6 is 0 Å². The van der Waals surface area contributed by atoms with E-state index < -0.39 is 13.6 Å². The third kappa shape index (κ3) is 2.54. The van der Waals surface area contributed by atoms with Crippen LogP contribution in [0.5, 0.6) is 0 Å². The van der Waals surface area contributed by atoms with Gasteiger partial charge in [-0.25, -0.2) is 0 Å². The van der Waals surface area contributed by atoms with Crippen molar-refractivity contribution in [1.29, 1.82) is 0 Å². The number of rotatable bonds is 3. The van der Waals surface area contributed by atoms with Crippen LogP contribution in [0.3, 0.4) is 0 Å². The molecule has 3 aromatic carbocycles. The van der Waals surface area contributed by atoms with Crippen molar-refractivity contribution in [2.45, 2.75) is 6.92 Å². The fourth-order valence-electron chi connectivity index (χ4n) is 3.58. The van der Waals surface area contributed by atoms with Crippen LogP contribution < -0.4 is 8.79 Å². The molecular formula is C22H18GeO2. The monoisotopic (exact) mass is 388 g/mol. The summed E-state index contributed by atoms with van der Waals surface area (Å²) in [4.78, 5) is 12.7. The zero-order valence-corrected chi connectivity index (χ0v) is 16.1. The molecule has 0 saturated heterocycles. The van der Waals surface area contributed by atoms with Crippen LogP contribution in [0.15, 0.2) is 96.6 Å². The van der Waals surface area contributed by atoms with E-state index in [1.165, 1.54) is 0 Å². The Morgan fingerprint density at radius 3 is 1.60 bits per heavy atom. The molecule has 1 aliphatic rings. The summed E-state index contributed by atoms with van der Waals surface area (Å²) in [7, 11) is 0. The molecule has 0 saturated carbocycles. The van der Waals surface area contributed by atoms with Crippen LogP contribution in [0, 0.1) is 0 Å². The fraction of sp³-hybridized carbons (Fsp3) is 0.0455. The van der Waals surface area contributed by atoms with Crippen LogP contribution in [-0.4, -0.2) is 19.6 Å². The third-order valence-corrected chi connectivity index (χ3v) is 13.4. The van der Waals surface area contributed by atoms with Gasteiger partial charge in [0, 0.05) is 0 Å². The molecule has 3 heteroatoms. The maximum atomic E-state index is 12.7. The van der Waals surface area contributed by atoms with Crippen LogP contribution in [0.2, 0.25) is 0 Å². The molecule has 0 aliphatic carbocycles. The Morgan fingerprint density at radius 2 is 1.12 bits per heavy atom. The number of benzene rings is 3. The van der Waals surface area contributed by atoms with Crippen LogP contribution in [-0.2, 0) is 8.56 Å². The summed E-state index contributed by atoms with van der Waals surface area (Å²) in [5.41, 5.74) is 1.82. The quantitative estimate of drug-likeness (QED) is 0.645. The molecule has 122 valence electrons. The second kappa shape index (κ2) is 6.37. The van der Waals surface area contributed by atoms with Gasteiger partial charge in [0.05, 0.1) is 0 Å². The van der Waals surface area contributed by atoms with Gasteiger partial charge in [0.2, 0.25) is 0 Å². The molecule has 0 spiro atoms. The molecule has 1 heterocycles. The Bertz CT molecular complexity index is 892. The Kier molecular flexibility index (Phi) is 4.06. The van der Waals surface area contributed by atoms with E-state index in [4.69, 9.17) is 3.76 Å². The van der Waals surface area contributed by atoms with Crippen molar-refractivity contribution in [2.75, 3.05) is 0 Å². The van der Waals surface area contributed by atoms with Crippen molar-refractivity contribution >= 4 is 32.8 Å². The van der Waals surface area contributed by atoms with Crippen LogP contribution in [0.1, 0.15) is 12.5 Å². The molecule has 0 aromatic heterocycles. The summed E-state index contributed by atoms with van der Waals surface area (Å²) in [5, 5.41) is 0. The summed E-state index contributed by atoms with van der Waals surface area (Å²) in [6, 6.07) is 30.7. The van der Waals surface area contributed by atoms with E-state index in [1.54, 1.807) is 0 Å². The second-order valence-electron chi connectivity index (χ2n) is 6.17. The second-order valence-corrected chi connectivity index (χ2v) is 12.9. The molecule has 4 rings (SSSR count). The zero-order chi connectivity index (χ0) is 17.3. The predicted molar refractivity (Wildman–Crippen MR) is 103 cm³/mol. The molecule has 3 aromatic rings. The number of hydrogen-bond acceptors (Lipinski definition) is 2. The maximum absolute atomic E-state index is 12.7. The minimum atomic E-state index is -3.52. The van der Waals surface area contributed by atoms with Crippen molar-refractivity contribution in [3.63, 3.8) is 0 Å². The van der Waals surface area contributed by atoms with E-state index in [0.29, 0.717) is 0 Å². The Morgan fingerprint density at radius 1 is 0.680 bits per heavy atom. The van der Waals surface area contributed by atoms with Gasteiger partial charge in [-0.3, -0.25) is 0 Å². The van der Waals surface area contributed by atoms with Crippen LogP contribution in [0.25, 0.3) is 4.41 Å². The number of hydrogen-bond donors (Lipinski definition) is 0. The van der Waals surface area contributed by atoms with Crippen LogP contribution in [0.4, 0.5) is 0 Å². The van der Waals surface area contributed by atoms with E-state index in [-0.39, 0.29) is 5.97 Å². The summed E-state index contributed by atoms with van der Waals surface area (Å²) >= 11 is -3.52. The first-order valence-electron chi connectivity index (χ1n) is 8.34. The standard InChI is InChI=1S/C22H18GeO2/c1-17-21(18-11-5-2-6-12-18)23(25-22(17)24,19-13-7-3-8-14-19)20-15-9-4-10-16-20/h2-16H,1H3. The Labute approximate surface area is 150 Å². The molecule has 0 radical (unpaired) electrons. The molecule has 0 amide bonds. The van der Waals surface area contributed by atoms with Gasteiger partial charge in [0.15, 0.2) is 0 Å². The van der Waals surface area contributed by atoms with Gasteiger partial charge in [-0.1, -0.05) is 0 Å². The van der Waals surface area contributed by atoms with Crippen molar-refractivity contribution in [2.24, 2.45) is 0 Å². The molecule has 2 nitrogen and oxygen atoms in total. The SMILES string of the molecule is CC1=[C](c2ccccc2)[Ge]([c]2ccccc2)([c]2ccccc2)[O]C1=O. The molecule has 0 unspecified atom stereocenters. The van der Waals surface area contributed by atoms with Gasteiger partial charge in [0.25, 0.3) is 0 Å². The van der Waals surface area contributed by atoms with Gasteiger partial charge in [-0.2, -0.15) is 0 Å². The molecule has 0 bridgehead atoms. The molecule has 0 N–H and O–H groups in total. The number of carbonyl (C=O) groups excluding carboxylic acids is 1. The zero-order valence-electron chi connectivity index (χ0n) is 14.0.